The van der Waals surface area contributed by atoms with Crippen molar-refractivity contribution in [1.29, 1.82) is 0 Å². The molecule has 4 rings (SSSR count). The van der Waals surface area contributed by atoms with E-state index >= 15 is 0 Å². The maximum absolute atomic E-state index is 12.9. The number of anilines is 1. The highest BCUT2D eigenvalue weighted by molar-refractivity contribution is 6.30. The van der Waals surface area contributed by atoms with Gasteiger partial charge in [-0.2, -0.15) is 5.10 Å². The number of aryl methyl sites for hydroxylation is 2. The van der Waals surface area contributed by atoms with Gasteiger partial charge in [-0.25, -0.2) is 4.52 Å². The summed E-state index contributed by atoms with van der Waals surface area (Å²) in [5, 5.41) is 16.7. The Kier molecular flexibility index (Phi) is 5.48. The Balaban J connectivity index is 1.81. The Morgan fingerprint density at radius 3 is 2.67 bits per heavy atom. The zero-order valence-electron chi connectivity index (χ0n) is 16.8. The van der Waals surface area contributed by atoms with Gasteiger partial charge in [-0.3, -0.25) is 4.79 Å². The number of carbonyl (C=O) groups is 1. The van der Waals surface area contributed by atoms with Crippen molar-refractivity contribution in [2.45, 2.75) is 20.5 Å². The summed E-state index contributed by atoms with van der Waals surface area (Å²) >= 11 is 6.18. The van der Waals surface area contributed by atoms with Gasteiger partial charge in [0.15, 0.2) is 11.3 Å². The van der Waals surface area contributed by atoms with Crippen LogP contribution in [0, 0.1) is 13.8 Å². The number of halogens is 1. The smallest absolute Gasteiger partial charge is 0.278 e. The van der Waals surface area contributed by atoms with Gasteiger partial charge in [0.2, 0.25) is 0 Å². The van der Waals surface area contributed by atoms with Gasteiger partial charge in [-0.1, -0.05) is 41.9 Å². The Bertz CT molecular complexity index is 1250. The molecule has 0 aliphatic heterocycles. The number of benzene rings is 2. The van der Waals surface area contributed by atoms with Crippen LogP contribution in [0.1, 0.15) is 27.4 Å². The normalized spacial score (nSPS) is 11.1. The van der Waals surface area contributed by atoms with E-state index in [4.69, 9.17) is 16.3 Å². The van der Waals surface area contributed by atoms with Crippen molar-refractivity contribution in [3.05, 3.63) is 76.2 Å². The van der Waals surface area contributed by atoms with Gasteiger partial charge in [0.1, 0.15) is 0 Å². The molecule has 0 atom stereocenters. The zero-order valence-corrected chi connectivity index (χ0v) is 17.6. The van der Waals surface area contributed by atoms with Gasteiger partial charge in [-0.15, -0.1) is 10.2 Å². The number of fused-ring (bicyclic) bond motifs is 1. The van der Waals surface area contributed by atoms with Crippen LogP contribution in [0.25, 0.3) is 16.8 Å². The number of hydrogen-bond acceptors (Lipinski definition) is 5. The summed E-state index contributed by atoms with van der Waals surface area (Å²) in [5.74, 6) is -0.343. The van der Waals surface area contributed by atoms with Crippen molar-refractivity contribution < 1.29 is 9.53 Å². The molecular weight excluding hydrogens is 402 g/mol. The molecule has 0 saturated carbocycles. The van der Waals surface area contributed by atoms with Crippen LogP contribution in [0.5, 0.6) is 0 Å². The molecule has 7 nitrogen and oxygen atoms in total. The third-order valence-corrected chi connectivity index (χ3v) is 5.08. The highest BCUT2D eigenvalue weighted by atomic mass is 35.5. The van der Waals surface area contributed by atoms with Crippen LogP contribution in [0.3, 0.4) is 0 Å². The van der Waals surface area contributed by atoms with Crippen LogP contribution < -0.4 is 5.32 Å². The van der Waals surface area contributed by atoms with E-state index in [1.807, 2.05) is 49.4 Å². The van der Waals surface area contributed by atoms with E-state index in [1.165, 1.54) is 0 Å². The number of amides is 1. The Hall–Kier alpha value is -3.29. The second kappa shape index (κ2) is 8.22. The third-order valence-electron chi connectivity index (χ3n) is 4.84. The lowest BCUT2D eigenvalue weighted by Gasteiger charge is -2.09. The molecule has 0 aliphatic rings. The van der Waals surface area contributed by atoms with Crippen LogP contribution in [-0.4, -0.2) is 32.8 Å². The summed E-state index contributed by atoms with van der Waals surface area (Å²) in [6, 6.07) is 15.0. The van der Waals surface area contributed by atoms with Crippen LogP contribution in [-0.2, 0) is 11.3 Å². The number of nitrogens with zero attached hydrogens (tertiary/aromatic N) is 4. The van der Waals surface area contributed by atoms with Crippen molar-refractivity contribution >= 4 is 28.8 Å². The standard InChI is InChI=1S/C22H20ClN5O2/c1-13-7-4-5-10-17(13)24-22(29)20-14(2)28-21(26-25-20)19(18(27-28)12-30-3)15-8-6-9-16(23)11-15/h4-11H,12H2,1-3H3,(H,24,29). The monoisotopic (exact) mass is 421 g/mol. The fourth-order valence-corrected chi connectivity index (χ4v) is 3.52. The van der Waals surface area contributed by atoms with E-state index in [0.29, 0.717) is 22.1 Å². The highest BCUT2D eigenvalue weighted by Gasteiger charge is 2.22. The molecule has 0 aliphatic carbocycles. The Morgan fingerprint density at radius 2 is 1.93 bits per heavy atom. The summed E-state index contributed by atoms with van der Waals surface area (Å²) in [5.41, 5.74) is 5.33. The molecule has 0 radical (unpaired) electrons. The van der Waals surface area contributed by atoms with Gasteiger partial charge in [0.25, 0.3) is 5.91 Å². The van der Waals surface area contributed by atoms with E-state index in [2.05, 4.69) is 20.6 Å². The molecule has 2 heterocycles. The molecule has 2 aromatic carbocycles. The van der Waals surface area contributed by atoms with Crippen LogP contribution in [0.4, 0.5) is 5.69 Å². The van der Waals surface area contributed by atoms with Crippen molar-refractivity contribution in [3.8, 4) is 11.1 Å². The molecule has 30 heavy (non-hydrogen) atoms. The molecule has 0 spiro atoms. The fourth-order valence-electron chi connectivity index (χ4n) is 3.33. The number of ether oxygens (including phenoxy) is 1. The van der Waals surface area contributed by atoms with E-state index in [9.17, 15) is 4.79 Å². The van der Waals surface area contributed by atoms with E-state index < -0.39 is 0 Å². The van der Waals surface area contributed by atoms with Crippen molar-refractivity contribution in [1.82, 2.24) is 19.8 Å². The third kappa shape index (κ3) is 3.65. The molecule has 2 aromatic heterocycles. The number of rotatable bonds is 5. The summed E-state index contributed by atoms with van der Waals surface area (Å²) in [6.07, 6.45) is 0. The van der Waals surface area contributed by atoms with Crippen LogP contribution >= 0.6 is 11.6 Å². The fraction of sp³-hybridized carbons (Fsp3) is 0.182. The van der Waals surface area contributed by atoms with E-state index in [0.717, 1.165) is 22.4 Å². The minimum absolute atomic E-state index is 0.204. The lowest BCUT2D eigenvalue weighted by Crippen LogP contribution is -2.19. The van der Waals surface area contributed by atoms with Crippen molar-refractivity contribution in [2.75, 3.05) is 12.4 Å². The molecular formula is C22H20ClN5O2. The predicted molar refractivity (Wildman–Crippen MR) is 116 cm³/mol. The quantitative estimate of drug-likeness (QED) is 0.514. The molecule has 0 bridgehead atoms. The first kappa shape index (κ1) is 20.0. The summed E-state index contributed by atoms with van der Waals surface area (Å²) in [4.78, 5) is 12.9. The maximum atomic E-state index is 12.9. The average molecular weight is 422 g/mol. The van der Waals surface area contributed by atoms with Crippen LogP contribution in [0.15, 0.2) is 48.5 Å². The number of carbonyl (C=O) groups excluding carboxylic acids is 1. The number of hydrogen-bond donors (Lipinski definition) is 1. The molecule has 8 heteroatoms. The first-order chi connectivity index (χ1) is 14.5. The SMILES string of the molecule is COCc1nn2c(C)c(C(=O)Nc3ccccc3C)nnc2c1-c1cccc(Cl)c1. The summed E-state index contributed by atoms with van der Waals surface area (Å²) in [6.45, 7) is 4.01. The molecule has 4 aromatic rings. The Morgan fingerprint density at radius 1 is 1.13 bits per heavy atom. The number of para-hydroxylation sites is 1. The van der Waals surface area contributed by atoms with E-state index in [-0.39, 0.29) is 18.2 Å². The second-order valence-corrected chi connectivity index (χ2v) is 7.34. The van der Waals surface area contributed by atoms with Gasteiger partial charge in [-0.05, 0) is 43.2 Å². The topological polar surface area (TPSA) is 81.4 Å². The lowest BCUT2D eigenvalue weighted by molar-refractivity contribution is 0.102. The predicted octanol–water partition coefficient (Wildman–Crippen LogP) is 4.46. The van der Waals surface area contributed by atoms with Crippen molar-refractivity contribution in [2.24, 2.45) is 0 Å². The molecule has 152 valence electrons. The minimum atomic E-state index is -0.343. The lowest BCUT2D eigenvalue weighted by atomic mass is 10.1. The zero-order chi connectivity index (χ0) is 21.3. The number of methoxy groups -OCH3 is 1. The summed E-state index contributed by atoms with van der Waals surface area (Å²) < 4.78 is 6.95. The second-order valence-electron chi connectivity index (χ2n) is 6.90. The first-order valence-electron chi connectivity index (χ1n) is 9.36. The highest BCUT2D eigenvalue weighted by Crippen LogP contribution is 2.30. The minimum Gasteiger partial charge on any atom is -0.378 e. The van der Waals surface area contributed by atoms with Crippen molar-refractivity contribution in [3.63, 3.8) is 0 Å². The van der Waals surface area contributed by atoms with Gasteiger partial charge < -0.3 is 10.1 Å². The average Bonchev–Trinajstić information content (AvgIpc) is 3.09. The largest absolute Gasteiger partial charge is 0.378 e. The first-order valence-corrected chi connectivity index (χ1v) is 9.74. The maximum Gasteiger partial charge on any atom is 0.278 e. The van der Waals surface area contributed by atoms with E-state index in [1.54, 1.807) is 24.6 Å². The van der Waals surface area contributed by atoms with Crippen LogP contribution in [0.2, 0.25) is 5.02 Å². The Labute approximate surface area is 178 Å². The van der Waals surface area contributed by atoms with Gasteiger partial charge in [0.05, 0.1) is 23.6 Å². The summed E-state index contributed by atoms with van der Waals surface area (Å²) in [7, 11) is 1.60. The molecule has 0 saturated heterocycles. The molecule has 1 amide bonds. The van der Waals surface area contributed by atoms with Gasteiger partial charge in [0, 0.05) is 17.8 Å². The van der Waals surface area contributed by atoms with Gasteiger partial charge >= 0.3 is 0 Å². The molecule has 0 unspecified atom stereocenters. The molecule has 0 fully saturated rings. The molecule has 1 N–H and O–H groups in total. The number of aromatic nitrogens is 4. The number of nitrogens with one attached hydrogen (secondary N) is 1.